The van der Waals surface area contributed by atoms with Gasteiger partial charge in [-0.2, -0.15) is 0 Å². The average Bonchev–Trinajstić information content (AvgIpc) is 3.03. The third kappa shape index (κ3) is 2.39. The summed E-state index contributed by atoms with van der Waals surface area (Å²) in [6.07, 6.45) is 2.58. The van der Waals surface area contributed by atoms with Gasteiger partial charge in [-0.05, 0) is 35.1 Å². The third-order valence-corrected chi connectivity index (χ3v) is 7.05. The molecule has 3 aromatic rings. The minimum Gasteiger partial charge on any atom is -0.143 e. The second-order valence-corrected chi connectivity index (χ2v) is 7.96. The van der Waals surface area contributed by atoms with E-state index in [1.165, 1.54) is 43.3 Å². The number of unbranched alkanes of at least 4 members (excludes halogenated alkanes) is 1. The summed E-state index contributed by atoms with van der Waals surface area (Å²) in [5.41, 5.74) is 1.44. The van der Waals surface area contributed by atoms with Crippen molar-refractivity contribution in [3.8, 4) is 10.4 Å². The normalized spacial score (nSPS) is 11.4. The van der Waals surface area contributed by atoms with E-state index >= 15 is 0 Å². The molecule has 0 unspecified atom stereocenters. The first kappa shape index (κ1) is 12.7. The Hall–Kier alpha value is -0.290. The van der Waals surface area contributed by atoms with Gasteiger partial charge < -0.3 is 0 Å². The lowest BCUT2D eigenvalue weighted by Gasteiger charge is -2.01. The Labute approximate surface area is 124 Å². The van der Waals surface area contributed by atoms with Gasteiger partial charge in [0.15, 0.2) is 0 Å². The fourth-order valence-corrected chi connectivity index (χ4v) is 6.38. The van der Waals surface area contributed by atoms with Crippen molar-refractivity contribution in [2.45, 2.75) is 24.7 Å². The lowest BCUT2D eigenvalue weighted by Crippen LogP contribution is -1.78. The van der Waals surface area contributed by atoms with Crippen LogP contribution in [0, 0.1) is 0 Å². The average molecular weight is 311 g/mol. The van der Waals surface area contributed by atoms with E-state index in [-0.39, 0.29) is 0 Å². The highest BCUT2D eigenvalue weighted by atomic mass is 32.2. The van der Waals surface area contributed by atoms with Crippen LogP contribution in [0.3, 0.4) is 0 Å². The van der Waals surface area contributed by atoms with Gasteiger partial charge in [-0.3, -0.25) is 0 Å². The van der Waals surface area contributed by atoms with Gasteiger partial charge in [0.05, 0.1) is 9.58 Å². The number of thioether (sulfide) groups is 1. The van der Waals surface area contributed by atoms with E-state index in [4.69, 9.17) is 0 Å². The van der Waals surface area contributed by atoms with Gasteiger partial charge in [-0.25, -0.2) is 0 Å². The lowest BCUT2D eigenvalue weighted by atomic mass is 10.3. The highest BCUT2D eigenvalue weighted by molar-refractivity contribution is 7.99. The van der Waals surface area contributed by atoms with Gasteiger partial charge in [0.2, 0.25) is 0 Å². The van der Waals surface area contributed by atoms with Crippen LogP contribution in [0.1, 0.15) is 19.8 Å². The molecule has 0 aromatic carbocycles. The Bertz CT molecular complexity index is 629. The van der Waals surface area contributed by atoms with Crippen LogP contribution in [-0.4, -0.2) is 5.75 Å². The molecule has 3 rings (SSSR count). The molecule has 0 saturated heterocycles. The van der Waals surface area contributed by atoms with E-state index in [1.807, 2.05) is 45.8 Å². The molecular formula is C14H14S4. The van der Waals surface area contributed by atoms with Crippen LogP contribution >= 0.6 is 45.8 Å². The van der Waals surface area contributed by atoms with E-state index in [1.54, 1.807) is 0 Å². The lowest BCUT2D eigenvalue weighted by molar-refractivity contribution is 0.896. The van der Waals surface area contributed by atoms with Crippen LogP contribution in [0.5, 0.6) is 0 Å². The molecule has 0 spiro atoms. The first-order valence-corrected chi connectivity index (χ1v) is 9.68. The van der Waals surface area contributed by atoms with Crippen molar-refractivity contribution in [3.63, 3.8) is 0 Å². The molecule has 0 nitrogen and oxygen atoms in total. The SMILES string of the molecule is CCCCSc1ccsc1-c1csc2ccsc12. The van der Waals surface area contributed by atoms with Crippen molar-refractivity contribution in [1.82, 2.24) is 0 Å². The smallest absolute Gasteiger partial charge is 0.0537 e. The largest absolute Gasteiger partial charge is 0.143 e. The van der Waals surface area contributed by atoms with Gasteiger partial charge in [0.25, 0.3) is 0 Å². The second-order valence-electron chi connectivity index (χ2n) is 4.08. The molecule has 0 radical (unpaired) electrons. The molecule has 0 fully saturated rings. The predicted molar refractivity (Wildman–Crippen MR) is 88.6 cm³/mol. The van der Waals surface area contributed by atoms with Crippen LogP contribution < -0.4 is 0 Å². The summed E-state index contributed by atoms with van der Waals surface area (Å²) in [5.74, 6) is 1.23. The maximum atomic E-state index is 2.32. The molecule has 0 aliphatic heterocycles. The summed E-state index contributed by atoms with van der Waals surface area (Å²) in [5, 5.41) is 6.74. The minimum atomic E-state index is 1.23. The zero-order valence-electron chi connectivity index (χ0n) is 10.1. The van der Waals surface area contributed by atoms with Gasteiger partial charge >= 0.3 is 0 Å². The van der Waals surface area contributed by atoms with Crippen molar-refractivity contribution < 1.29 is 0 Å². The Kier molecular flexibility index (Phi) is 4.09. The minimum absolute atomic E-state index is 1.23. The van der Waals surface area contributed by atoms with Crippen molar-refractivity contribution in [2.75, 3.05) is 5.75 Å². The second kappa shape index (κ2) is 5.78. The van der Waals surface area contributed by atoms with Crippen LogP contribution in [0.4, 0.5) is 0 Å². The van der Waals surface area contributed by atoms with Crippen molar-refractivity contribution in [3.05, 3.63) is 28.3 Å². The van der Waals surface area contributed by atoms with Crippen LogP contribution in [-0.2, 0) is 0 Å². The van der Waals surface area contributed by atoms with E-state index in [0.29, 0.717) is 0 Å². The number of hydrogen-bond acceptors (Lipinski definition) is 4. The van der Waals surface area contributed by atoms with Crippen LogP contribution in [0.25, 0.3) is 19.8 Å². The van der Waals surface area contributed by atoms with E-state index in [9.17, 15) is 0 Å². The van der Waals surface area contributed by atoms with Crippen LogP contribution in [0.15, 0.2) is 33.2 Å². The molecule has 0 saturated carbocycles. The first-order chi connectivity index (χ1) is 8.90. The van der Waals surface area contributed by atoms with E-state index < -0.39 is 0 Å². The molecule has 18 heavy (non-hydrogen) atoms. The molecule has 3 aromatic heterocycles. The summed E-state index contributed by atoms with van der Waals surface area (Å²) in [6.45, 7) is 2.25. The monoisotopic (exact) mass is 310 g/mol. The molecule has 3 heterocycles. The Morgan fingerprint density at radius 1 is 1.11 bits per heavy atom. The fourth-order valence-electron chi connectivity index (χ4n) is 1.85. The van der Waals surface area contributed by atoms with E-state index in [0.717, 1.165) is 0 Å². The molecular weight excluding hydrogens is 296 g/mol. The highest BCUT2D eigenvalue weighted by Crippen LogP contribution is 2.44. The summed E-state index contributed by atoms with van der Waals surface area (Å²) in [6, 6.07) is 4.50. The highest BCUT2D eigenvalue weighted by Gasteiger charge is 2.13. The maximum Gasteiger partial charge on any atom is 0.0537 e. The number of hydrogen-bond donors (Lipinski definition) is 0. The molecule has 0 aliphatic rings. The summed E-state index contributed by atoms with van der Waals surface area (Å²) >= 11 is 7.61. The summed E-state index contributed by atoms with van der Waals surface area (Å²) < 4.78 is 2.88. The van der Waals surface area contributed by atoms with Crippen LogP contribution in [0.2, 0.25) is 0 Å². The van der Waals surface area contributed by atoms with Gasteiger partial charge in [0, 0.05) is 20.5 Å². The van der Waals surface area contributed by atoms with Gasteiger partial charge in [-0.1, -0.05) is 13.3 Å². The summed E-state index contributed by atoms with van der Waals surface area (Å²) in [4.78, 5) is 2.92. The first-order valence-electron chi connectivity index (χ1n) is 6.05. The Balaban J connectivity index is 1.92. The quantitative estimate of drug-likeness (QED) is 0.378. The fraction of sp³-hybridized carbons (Fsp3) is 0.286. The van der Waals surface area contributed by atoms with Crippen molar-refractivity contribution in [2.24, 2.45) is 0 Å². The van der Waals surface area contributed by atoms with E-state index in [2.05, 4.69) is 35.2 Å². The zero-order chi connectivity index (χ0) is 12.4. The maximum absolute atomic E-state index is 2.32. The Morgan fingerprint density at radius 2 is 2.00 bits per heavy atom. The number of fused-ring (bicyclic) bond motifs is 1. The summed E-state index contributed by atoms with van der Waals surface area (Å²) in [7, 11) is 0. The topological polar surface area (TPSA) is 0 Å². The zero-order valence-corrected chi connectivity index (χ0v) is 13.4. The molecule has 0 bridgehead atoms. The van der Waals surface area contributed by atoms with Crippen molar-refractivity contribution >= 4 is 55.2 Å². The van der Waals surface area contributed by atoms with Gasteiger partial charge in [-0.15, -0.1) is 45.8 Å². The standard InChI is InChI=1S/C14H14S4/c1-2-3-6-15-11-4-7-16-13(11)10-9-18-12-5-8-17-14(10)12/h4-5,7-9H,2-3,6H2,1H3. The predicted octanol–water partition coefficient (Wildman–Crippen LogP) is 6.58. The molecule has 0 atom stereocenters. The molecule has 0 aliphatic carbocycles. The Morgan fingerprint density at radius 3 is 2.89 bits per heavy atom. The molecule has 4 heteroatoms. The number of rotatable bonds is 5. The number of thiophene rings is 3. The molecule has 94 valence electrons. The third-order valence-electron chi connectivity index (χ3n) is 2.81. The molecule has 0 amide bonds. The molecule has 0 N–H and O–H groups in total. The van der Waals surface area contributed by atoms with Crippen molar-refractivity contribution in [1.29, 1.82) is 0 Å². The van der Waals surface area contributed by atoms with Gasteiger partial charge in [0.1, 0.15) is 0 Å².